The lowest BCUT2D eigenvalue weighted by Crippen LogP contribution is -2.20. The third kappa shape index (κ3) is 5.67. The largest absolute Gasteiger partial charge is 0.493 e. The van der Waals surface area contributed by atoms with E-state index < -0.39 is 0 Å². The van der Waals surface area contributed by atoms with Gasteiger partial charge in [0.1, 0.15) is 0 Å². The smallest absolute Gasteiger partial charge is 0.262 e. The van der Waals surface area contributed by atoms with Crippen molar-refractivity contribution in [1.82, 2.24) is 0 Å². The molecule has 2 N–H and O–H groups in total. The number of carbonyl (C=O) groups is 1. The van der Waals surface area contributed by atoms with Gasteiger partial charge in [0.05, 0.1) is 17.8 Å². The number of methoxy groups -OCH3 is 1. The number of para-hydroxylation sites is 1. The first kappa shape index (κ1) is 21.5. The summed E-state index contributed by atoms with van der Waals surface area (Å²) in [7, 11) is 1.57. The van der Waals surface area contributed by atoms with Crippen LogP contribution < -0.4 is 20.1 Å². The van der Waals surface area contributed by atoms with E-state index in [1.807, 2.05) is 68.4 Å². The van der Waals surface area contributed by atoms with E-state index in [4.69, 9.17) is 21.1 Å². The van der Waals surface area contributed by atoms with Crippen LogP contribution in [0.4, 0.5) is 11.4 Å². The molecule has 3 rings (SSSR count). The molecular weight excluding hydrogens is 400 g/mol. The van der Waals surface area contributed by atoms with Gasteiger partial charge in [0, 0.05) is 12.2 Å². The fourth-order valence-corrected chi connectivity index (χ4v) is 3.11. The Morgan fingerprint density at radius 2 is 1.77 bits per heavy atom. The van der Waals surface area contributed by atoms with Crippen molar-refractivity contribution in [3.05, 3.63) is 82.4 Å². The summed E-state index contributed by atoms with van der Waals surface area (Å²) in [4.78, 5) is 12.2. The number of rotatable bonds is 8. The normalized spacial score (nSPS) is 10.4. The highest BCUT2D eigenvalue weighted by atomic mass is 35.5. The van der Waals surface area contributed by atoms with Gasteiger partial charge < -0.3 is 20.1 Å². The molecule has 0 heterocycles. The Balaban J connectivity index is 1.58. The quantitative estimate of drug-likeness (QED) is 0.494. The molecule has 0 saturated carbocycles. The first-order valence-corrected chi connectivity index (χ1v) is 9.99. The number of nitrogens with one attached hydrogen (secondary N) is 2. The van der Waals surface area contributed by atoms with Crippen LogP contribution >= 0.6 is 11.6 Å². The van der Waals surface area contributed by atoms with E-state index in [1.165, 1.54) is 5.56 Å². The molecule has 156 valence electrons. The van der Waals surface area contributed by atoms with E-state index in [-0.39, 0.29) is 12.5 Å². The molecular formula is C24H25ClN2O3. The summed E-state index contributed by atoms with van der Waals surface area (Å²) in [6, 6.07) is 19.0. The van der Waals surface area contributed by atoms with Crippen LogP contribution in [0.15, 0.2) is 60.7 Å². The molecule has 0 aliphatic heterocycles. The average Bonchev–Trinajstić information content (AvgIpc) is 2.74. The molecule has 30 heavy (non-hydrogen) atoms. The van der Waals surface area contributed by atoms with Crippen LogP contribution in [-0.2, 0) is 11.3 Å². The fourth-order valence-electron chi connectivity index (χ4n) is 2.90. The predicted octanol–water partition coefficient (Wildman–Crippen LogP) is 5.60. The van der Waals surface area contributed by atoms with Crippen LogP contribution in [0.2, 0.25) is 5.02 Å². The number of hydrogen-bond acceptors (Lipinski definition) is 4. The molecule has 0 aromatic heterocycles. The molecule has 0 fully saturated rings. The number of hydrogen-bond donors (Lipinski definition) is 2. The van der Waals surface area contributed by atoms with Gasteiger partial charge in [-0.2, -0.15) is 0 Å². The molecule has 0 aliphatic rings. The molecule has 6 heteroatoms. The summed E-state index contributed by atoms with van der Waals surface area (Å²) in [5.74, 6) is 0.839. The van der Waals surface area contributed by atoms with Crippen molar-refractivity contribution in [1.29, 1.82) is 0 Å². The standard InChI is InChI=1S/C24H25ClN2O3/c1-16-8-10-19(12-17(16)2)27-24(28)15-30-22-11-9-18(13-23(22)29-3)14-26-21-7-5-4-6-20(21)25/h4-13,26H,14-15H2,1-3H3,(H,27,28). The zero-order valence-corrected chi connectivity index (χ0v) is 18.0. The highest BCUT2D eigenvalue weighted by Gasteiger charge is 2.10. The zero-order valence-electron chi connectivity index (χ0n) is 17.3. The third-order valence-electron chi connectivity index (χ3n) is 4.73. The maximum absolute atomic E-state index is 12.2. The van der Waals surface area contributed by atoms with Gasteiger partial charge in [-0.15, -0.1) is 0 Å². The minimum Gasteiger partial charge on any atom is -0.493 e. The van der Waals surface area contributed by atoms with Crippen LogP contribution in [0, 0.1) is 13.8 Å². The van der Waals surface area contributed by atoms with E-state index in [2.05, 4.69) is 10.6 Å². The van der Waals surface area contributed by atoms with Gasteiger partial charge in [-0.25, -0.2) is 0 Å². The van der Waals surface area contributed by atoms with E-state index in [0.29, 0.717) is 23.1 Å². The Labute approximate surface area is 182 Å². The predicted molar refractivity (Wildman–Crippen MR) is 122 cm³/mol. The maximum Gasteiger partial charge on any atom is 0.262 e. The van der Waals surface area contributed by atoms with Crippen molar-refractivity contribution in [2.75, 3.05) is 24.4 Å². The summed E-state index contributed by atoms with van der Waals surface area (Å²) >= 11 is 6.17. The highest BCUT2D eigenvalue weighted by Crippen LogP contribution is 2.29. The number of amides is 1. The van der Waals surface area contributed by atoms with E-state index in [9.17, 15) is 4.79 Å². The van der Waals surface area contributed by atoms with Crippen LogP contribution in [0.5, 0.6) is 11.5 Å². The first-order chi connectivity index (χ1) is 14.5. The maximum atomic E-state index is 12.2. The molecule has 0 unspecified atom stereocenters. The Morgan fingerprint density at radius 1 is 0.967 bits per heavy atom. The van der Waals surface area contributed by atoms with Gasteiger partial charge >= 0.3 is 0 Å². The van der Waals surface area contributed by atoms with Gasteiger partial charge in [-0.1, -0.05) is 35.9 Å². The van der Waals surface area contributed by atoms with Crippen molar-refractivity contribution in [3.63, 3.8) is 0 Å². The third-order valence-corrected chi connectivity index (χ3v) is 5.06. The van der Waals surface area contributed by atoms with E-state index in [0.717, 1.165) is 22.5 Å². The minimum atomic E-state index is -0.232. The van der Waals surface area contributed by atoms with Gasteiger partial charge in [-0.05, 0) is 66.9 Å². The number of halogens is 1. The number of ether oxygens (including phenoxy) is 2. The van der Waals surface area contributed by atoms with Gasteiger partial charge in [0.25, 0.3) is 5.91 Å². The Morgan fingerprint density at radius 3 is 2.50 bits per heavy atom. The first-order valence-electron chi connectivity index (χ1n) is 9.61. The Bertz CT molecular complexity index is 1040. The lowest BCUT2D eigenvalue weighted by molar-refractivity contribution is -0.118. The summed E-state index contributed by atoms with van der Waals surface area (Å²) in [6.07, 6.45) is 0. The number of benzene rings is 3. The second kappa shape index (κ2) is 10.0. The summed E-state index contributed by atoms with van der Waals surface area (Å²) in [5, 5.41) is 6.81. The fraction of sp³-hybridized carbons (Fsp3) is 0.208. The van der Waals surface area contributed by atoms with Gasteiger partial charge in [0.15, 0.2) is 18.1 Å². The summed E-state index contributed by atoms with van der Waals surface area (Å²) in [6.45, 7) is 4.51. The molecule has 1 amide bonds. The number of anilines is 2. The van der Waals surface area contributed by atoms with E-state index >= 15 is 0 Å². The zero-order chi connectivity index (χ0) is 21.5. The summed E-state index contributed by atoms with van der Waals surface area (Å²) in [5.41, 5.74) is 4.91. The molecule has 3 aromatic rings. The van der Waals surface area contributed by atoms with Crippen LogP contribution in [0.3, 0.4) is 0 Å². The molecule has 0 radical (unpaired) electrons. The second-order valence-electron chi connectivity index (χ2n) is 6.95. The Hall–Kier alpha value is -3.18. The monoisotopic (exact) mass is 424 g/mol. The van der Waals surface area contributed by atoms with Crippen molar-refractivity contribution in [2.24, 2.45) is 0 Å². The minimum absolute atomic E-state index is 0.111. The van der Waals surface area contributed by atoms with E-state index in [1.54, 1.807) is 13.2 Å². The average molecular weight is 425 g/mol. The molecule has 0 spiro atoms. The van der Waals surface area contributed by atoms with Crippen LogP contribution in [0.25, 0.3) is 0 Å². The molecule has 0 aliphatic carbocycles. The van der Waals surface area contributed by atoms with Crippen LogP contribution in [0.1, 0.15) is 16.7 Å². The molecule has 0 atom stereocenters. The topological polar surface area (TPSA) is 59.6 Å². The summed E-state index contributed by atoms with van der Waals surface area (Å²) < 4.78 is 11.1. The van der Waals surface area contributed by atoms with Gasteiger partial charge in [-0.3, -0.25) is 4.79 Å². The number of aryl methyl sites for hydroxylation is 2. The Kier molecular flexibility index (Phi) is 7.20. The lowest BCUT2D eigenvalue weighted by atomic mass is 10.1. The van der Waals surface area contributed by atoms with Crippen molar-refractivity contribution >= 4 is 28.9 Å². The molecule has 0 bridgehead atoms. The highest BCUT2D eigenvalue weighted by molar-refractivity contribution is 6.33. The van der Waals surface area contributed by atoms with Crippen molar-refractivity contribution in [2.45, 2.75) is 20.4 Å². The van der Waals surface area contributed by atoms with Crippen LogP contribution in [-0.4, -0.2) is 19.6 Å². The molecule has 3 aromatic carbocycles. The lowest BCUT2D eigenvalue weighted by Gasteiger charge is -2.14. The molecule has 0 saturated heterocycles. The molecule has 5 nitrogen and oxygen atoms in total. The van der Waals surface area contributed by atoms with Gasteiger partial charge in [0.2, 0.25) is 0 Å². The second-order valence-corrected chi connectivity index (χ2v) is 7.36. The van der Waals surface area contributed by atoms with Crippen molar-refractivity contribution in [3.8, 4) is 11.5 Å². The number of carbonyl (C=O) groups excluding carboxylic acids is 1. The SMILES string of the molecule is COc1cc(CNc2ccccc2Cl)ccc1OCC(=O)Nc1ccc(C)c(C)c1. The van der Waals surface area contributed by atoms with Crippen molar-refractivity contribution < 1.29 is 14.3 Å².